The molecule has 15 heavy (non-hydrogen) atoms. The van der Waals surface area contributed by atoms with Gasteiger partial charge in [-0.25, -0.2) is 0 Å². The van der Waals surface area contributed by atoms with Crippen LogP contribution in [0.25, 0.3) is 0 Å². The molecule has 2 nitrogen and oxygen atoms in total. The van der Waals surface area contributed by atoms with Gasteiger partial charge in [0.25, 0.3) is 0 Å². The van der Waals surface area contributed by atoms with Gasteiger partial charge in [-0.2, -0.15) is 0 Å². The van der Waals surface area contributed by atoms with E-state index in [2.05, 4.69) is 23.9 Å². The van der Waals surface area contributed by atoms with Crippen LogP contribution in [-0.4, -0.2) is 23.5 Å². The van der Waals surface area contributed by atoms with Crippen molar-refractivity contribution in [1.29, 1.82) is 0 Å². The summed E-state index contributed by atoms with van der Waals surface area (Å²) in [6.07, 6.45) is 3.15. The Kier molecular flexibility index (Phi) is 3.27. The number of halogens is 1. The zero-order chi connectivity index (χ0) is 10.8. The summed E-state index contributed by atoms with van der Waals surface area (Å²) in [6.45, 7) is 4.38. The molecule has 0 aromatic carbocycles. The minimum absolute atomic E-state index is 0.771. The number of hydrogen-bond acceptors (Lipinski definition) is 2. The third-order valence-corrected chi connectivity index (χ3v) is 3.27. The fraction of sp³-hybridized carbons (Fsp3) is 0.583. The van der Waals surface area contributed by atoms with Gasteiger partial charge in [-0.1, -0.05) is 18.5 Å². The average molecular weight is 225 g/mol. The Morgan fingerprint density at radius 1 is 1.60 bits per heavy atom. The van der Waals surface area contributed by atoms with Gasteiger partial charge in [0.15, 0.2) is 0 Å². The highest BCUT2D eigenvalue weighted by Gasteiger charge is 2.32. The van der Waals surface area contributed by atoms with Gasteiger partial charge >= 0.3 is 0 Å². The van der Waals surface area contributed by atoms with Gasteiger partial charge < -0.3 is 4.90 Å². The third kappa shape index (κ3) is 3.18. The highest BCUT2D eigenvalue weighted by molar-refractivity contribution is 6.30. The third-order valence-electron chi connectivity index (χ3n) is 3.03. The maximum absolute atomic E-state index is 5.91. The van der Waals surface area contributed by atoms with Crippen molar-refractivity contribution in [1.82, 2.24) is 9.88 Å². The Bertz CT molecular complexity index is 340. The molecule has 1 aliphatic rings. The molecule has 0 radical (unpaired) electrons. The Morgan fingerprint density at radius 3 is 2.93 bits per heavy atom. The first-order chi connectivity index (χ1) is 7.15. The van der Waals surface area contributed by atoms with Crippen LogP contribution in [0.2, 0.25) is 5.02 Å². The molecule has 2 unspecified atom stereocenters. The summed E-state index contributed by atoms with van der Waals surface area (Å²) in [5.41, 5.74) is 1.05. The number of pyridine rings is 1. The molecule has 1 aliphatic carbocycles. The Balaban J connectivity index is 1.85. The normalized spacial score (nSPS) is 24.5. The molecule has 1 aromatic heterocycles. The van der Waals surface area contributed by atoms with Crippen LogP contribution >= 0.6 is 11.6 Å². The van der Waals surface area contributed by atoms with Crippen LogP contribution in [0.4, 0.5) is 0 Å². The molecule has 2 rings (SSSR count). The van der Waals surface area contributed by atoms with Gasteiger partial charge in [-0.05, 0) is 37.4 Å². The van der Waals surface area contributed by atoms with E-state index in [9.17, 15) is 0 Å². The van der Waals surface area contributed by atoms with Crippen LogP contribution in [-0.2, 0) is 6.54 Å². The Hall–Kier alpha value is -0.600. The predicted octanol–water partition coefficient (Wildman–Crippen LogP) is 2.82. The zero-order valence-corrected chi connectivity index (χ0v) is 10.0. The van der Waals surface area contributed by atoms with Gasteiger partial charge in [-0.15, -0.1) is 0 Å². The number of aromatic nitrogens is 1. The van der Waals surface area contributed by atoms with Crippen LogP contribution in [0.5, 0.6) is 0 Å². The number of hydrogen-bond donors (Lipinski definition) is 0. The van der Waals surface area contributed by atoms with Gasteiger partial charge in [0.2, 0.25) is 0 Å². The second-order valence-corrected chi connectivity index (χ2v) is 5.07. The van der Waals surface area contributed by atoms with Gasteiger partial charge in [0.1, 0.15) is 0 Å². The fourth-order valence-corrected chi connectivity index (χ4v) is 2.11. The lowest BCUT2D eigenvalue weighted by atomic mass is 10.3. The van der Waals surface area contributed by atoms with Crippen LogP contribution in [0, 0.1) is 11.8 Å². The second kappa shape index (κ2) is 4.50. The summed E-state index contributed by atoms with van der Waals surface area (Å²) < 4.78 is 0. The van der Waals surface area contributed by atoms with E-state index in [1.165, 1.54) is 13.0 Å². The molecule has 2 atom stereocenters. The molecule has 0 aliphatic heterocycles. The molecule has 0 spiro atoms. The van der Waals surface area contributed by atoms with E-state index in [0.717, 1.165) is 29.1 Å². The topological polar surface area (TPSA) is 16.1 Å². The van der Waals surface area contributed by atoms with E-state index >= 15 is 0 Å². The van der Waals surface area contributed by atoms with Crippen molar-refractivity contribution in [3.05, 3.63) is 29.0 Å². The predicted molar refractivity (Wildman–Crippen MR) is 62.9 cm³/mol. The van der Waals surface area contributed by atoms with Gasteiger partial charge in [0.05, 0.1) is 5.69 Å². The summed E-state index contributed by atoms with van der Waals surface area (Å²) in [6, 6.07) is 3.75. The highest BCUT2D eigenvalue weighted by Crippen LogP contribution is 2.38. The quantitative estimate of drug-likeness (QED) is 0.782. The monoisotopic (exact) mass is 224 g/mol. The number of nitrogens with zero attached hydrogens (tertiary/aromatic N) is 2. The molecule has 1 aromatic rings. The minimum Gasteiger partial charge on any atom is -0.300 e. The van der Waals surface area contributed by atoms with E-state index in [4.69, 9.17) is 11.6 Å². The Labute approximate surface area is 96.3 Å². The molecule has 82 valence electrons. The summed E-state index contributed by atoms with van der Waals surface area (Å²) in [5.74, 6) is 1.81. The van der Waals surface area contributed by atoms with Crippen molar-refractivity contribution in [3.8, 4) is 0 Å². The van der Waals surface area contributed by atoms with Crippen molar-refractivity contribution in [2.45, 2.75) is 19.9 Å². The first-order valence-corrected chi connectivity index (χ1v) is 5.82. The highest BCUT2D eigenvalue weighted by atomic mass is 35.5. The smallest absolute Gasteiger partial charge is 0.0558 e. The molecule has 0 N–H and O–H groups in total. The van der Waals surface area contributed by atoms with Crippen molar-refractivity contribution in [2.75, 3.05) is 13.6 Å². The summed E-state index contributed by atoms with van der Waals surface area (Å²) >= 11 is 5.91. The standard InChI is InChI=1S/C12H17ClN2/c1-9-5-10(9)7-15(2)8-12-6-11(13)3-4-14-12/h3-4,6,9-10H,5,7-8H2,1-2H3. The van der Waals surface area contributed by atoms with Crippen molar-refractivity contribution >= 4 is 11.6 Å². The lowest BCUT2D eigenvalue weighted by molar-refractivity contribution is 0.304. The molecular formula is C12H17ClN2. The largest absolute Gasteiger partial charge is 0.300 e. The molecule has 1 fully saturated rings. The summed E-state index contributed by atoms with van der Waals surface area (Å²) in [7, 11) is 2.15. The van der Waals surface area contributed by atoms with Crippen LogP contribution < -0.4 is 0 Å². The van der Waals surface area contributed by atoms with E-state index < -0.39 is 0 Å². The SMILES string of the molecule is CC1CC1CN(C)Cc1cc(Cl)ccn1. The van der Waals surface area contributed by atoms with Crippen molar-refractivity contribution in [2.24, 2.45) is 11.8 Å². The van der Waals surface area contributed by atoms with Gasteiger partial charge in [-0.3, -0.25) is 4.98 Å². The van der Waals surface area contributed by atoms with E-state index in [1.807, 2.05) is 12.1 Å². The first-order valence-electron chi connectivity index (χ1n) is 5.44. The molecule has 1 saturated carbocycles. The Morgan fingerprint density at radius 2 is 2.33 bits per heavy atom. The fourth-order valence-electron chi connectivity index (χ4n) is 1.93. The summed E-state index contributed by atoms with van der Waals surface area (Å²) in [5, 5.41) is 0.771. The molecule has 0 amide bonds. The number of rotatable bonds is 4. The molecular weight excluding hydrogens is 208 g/mol. The van der Waals surface area contributed by atoms with Crippen LogP contribution in [0.3, 0.4) is 0 Å². The van der Waals surface area contributed by atoms with E-state index in [0.29, 0.717) is 0 Å². The van der Waals surface area contributed by atoms with Crippen molar-refractivity contribution < 1.29 is 0 Å². The average Bonchev–Trinajstić information content (AvgIpc) is 2.81. The van der Waals surface area contributed by atoms with Crippen LogP contribution in [0.15, 0.2) is 18.3 Å². The minimum atomic E-state index is 0.771. The van der Waals surface area contributed by atoms with Crippen LogP contribution in [0.1, 0.15) is 19.0 Å². The molecule has 0 saturated heterocycles. The molecule has 1 heterocycles. The van der Waals surface area contributed by atoms with E-state index in [1.54, 1.807) is 6.20 Å². The zero-order valence-electron chi connectivity index (χ0n) is 9.28. The molecule has 3 heteroatoms. The second-order valence-electron chi connectivity index (χ2n) is 4.64. The lowest BCUT2D eigenvalue weighted by Crippen LogP contribution is -2.21. The molecule has 0 bridgehead atoms. The maximum atomic E-state index is 5.91. The van der Waals surface area contributed by atoms with E-state index in [-0.39, 0.29) is 0 Å². The first kappa shape index (κ1) is 10.9. The van der Waals surface area contributed by atoms with Gasteiger partial charge in [0, 0.05) is 24.3 Å². The lowest BCUT2D eigenvalue weighted by Gasteiger charge is -2.15. The summed E-state index contributed by atoms with van der Waals surface area (Å²) in [4.78, 5) is 6.63. The van der Waals surface area contributed by atoms with Crippen molar-refractivity contribution in [3.63, 3.8) is 0 Å². The maximum Gasteiger partial charge on any atom is 0.0558 e.